The van der Waals surface area contributed by atoms with E-state index in [0.717, 1.165) is 5.70 Å². The minimum atomic E-state index is 0.0561. The molecule has 0 radical (unpaired) electrons. The van der Waals surface area contributed by atoms with Gasteiger partial charge in [-0.1, -0.05) is 0 Å². The first-order valence-electron chi connectivity index (χ1n) is 3.50. The molecule has 0 saturated carbocycles. The monoisotopic (exact) mass is 152 g/mol. The van der Waals surface area contributed by atoms with Crippen LogP contribution >= 0.6 is 0 Å². The van der Waals surface area contributed by atoms with Gasteiger partial charge in [0.1, 0.15) is 0 Å². The molecule has 1 aliphatic rings. The summed E-state index contributed by atoms with van der Waals surface area (Å²) in [6, 6.07) is 0. The van der Waals surface area contributed by atoms with E-state index in [4.69, 9.17) is 0 Å². The number of carbonyl (C=O) groups excluding carboxylic acids is 1. The lowest BCUT2D eigenvalue weighted by molar-refractivity contribution is -0.114. The Morgan fingerprint density at radius 3 is 2.73 bits per heavy atom. The molecule has 0 fully saturated rings. The zero-order valence-corrected chi connectivity index (χ0v) is 7.01. The Kier molecular flexibility index (Phi) is 1.98. The maximum Gasteiger partial charge on any atom is 0.177 e. The van der Waals surface area contributed by atoms with Gasteiger partial charge in [0.15, 0.2) is 5.78 Å². The minimum Gasteiger partial charge on any atom is -0.356 e. The number of rotatable bonds is 1. The Balaban J connectivity index is 2.77. The second-order valence-electron chi connectivity index (χ2n) is 2.64. The summed E-state index contributed by atoms with van der Waals surface area (Å²) in [5.41, 5.74) is 1.73. The van der Waals surface area contributed by atoms with Crippen molar-refractivity contribution < 1.29 is 4.79 Å². The van der Waals surface area contributed by atoms with Crippen LogP contribution in [0.25, 0.3) is 0 Å². The van der Waals surface area contributed by atoms with Crippen molar-refractivity contribution >= 4 is 5.78 Å². The molecule has 1 aliphatic heterocycles. The van der Waals surface area contributed by atoms with Gasteiger partial charge in [0.2, 0.25) is 0 Å². The predicted octanol–water partition coefficient (Wildman–Crippen LogP) is 0.813. The summed E-state index contributed by atoms with van der Waals surface area (Å²) in [5.74, 6) is 0.0561. The molecule has 1 N–H and O–H groups in total. The molecule has 0 unspecified atom stereocenters. The van der Waals surface area contributed by atoms with E-state index in [1.165, 1.54) is 0 Å². The Bertz CT molecular complexity index is 240. The maximum atomic E-state index is 10.9. The Morgan fingerprint density at radius 1 is 1.64 bits per heavy atom. The average molecular weight is 152 g/mol. The topological polar surface area (TPSA) is 32.3 Å². The van der Waals surface area contributed by atoms with Gasteiger partial charge in [-0.2, -0.15) is 0 Å². The SMILES string of the molecule is CC(=O)C1=CN(C)C(C)=CN1. The first-order valence-corrected chi connectivity index (χ1v) is 3.50. The number of hydrogen-bond acceptors (Lipinski definition) is 3. The van der Waals surface area contributed by atoms with Crippen LogP contribution in [0.4, 0.5) is 0 Å². The molecule has 0 atom stereocenters. The number of carbonyl (C=O) groups is 1. The summed E-state index contributed by atoms with van der Waals surface area (Å²) >= 11 is 0. The molecule has 3 nitrogen and oxygen atoms in total. The maximum absolute atomic E-state index is 10.9. The minimum absolute atomic E-state index is 0.0561. The number of nitrogens with zero attached hydrogens (tertiary/aromatic N) is 1. The van der Waals surface area contributed by atoms with Crippen molar-refractivity contribution in [1.29, 1.82) is 0 Å². The molecule has 0 amide bonds. The quantitative estimate of drug-likeness (QED) is 0.603. The summed E-state index contributed by atoms with van der Waals surface area (Å²) in [7, 11) is 1.91. The molecule has 11 heavy (non-hydrogen) atoms. The normalized spacial score (nSPS) is 16.8. The lowest BCUT2D eigenvalue weighted by Crippen LogP contribution is -2.24. The van der Waals surface area contributed by atoms with Crippen molar-refractivity contribution in [2.24, 2.45) is 0 Å². The third-order valence-corrected chi connectivity index (χ3v) is 1.69. The third kappa shape index (κ3) is 1.61. The summed E-state index contributed by atoms with van der Waals surface area (Å²) in [6.07, 6.45) is 3.61. The summed E-state index contributed by atoms with van der Waals surface area (Å²) in [4.78, 5) is 12.8. The van der Waals surface area contributed by atoms with Crippen molar-refractivity contribution in [2.75, 3.05) is 7.05 Å². The second-order valence-corrected chi connectivity index (χ2v) is 2.64. The van der Waals surface area contributed by atoms with E-state index >= 15 is 0 Å². The highest BCUT2D eigenvalue weighted by Crippen LogP contribution is 2.07. The van der Waals surface area contributed by atoms with Crippen LogP contribution in [0.5, 0.6) is 0 Å². The number of Topliss-reactive ketones (excluding diaryl/α,β-unsaturated/α-hetero) is 1. The van der Waals surface area contributed by atoms with Gasteiger partial charge in [-0.05, 0) is 6.92 Å². The number of ketones is 1. The van der Waals surface area contributed by atoms with E-state index < -0.39 is 0 Å². The highest BCUT2D eigenvalue weighted by Gasteiger charge is 2.08. The highest BCUT2D eigenvalue weighted by atomic mass is 16.1. The van der Waals surface area contributed by atoms with Gasteiger partial charge in [0, 0.05) is 32.1 Å². The zero-order chi connectivity index (χ0) is 8.43. The number of hydrogen-bond donors (Lipinski definition) is 1. The van der Waals surface area contributed by atoms with Gasteiger partial charge in [0.05, 0.1) is 5.70 Å². The van der Waals surface area contributed by atoms with Gasteiger partial charge in [-0.3, -0.25) is 4.79 Å². The smallest absolute Gasteiger partial charge is 0.177 e. The molecule has 0 aromatic carbocycles. The molecule has 0 spiro atoms. The van der Waals surface area contributed by atoms with Crippen LogP contribution in [0.1, 0.15) is 13.8 Å². The molecule has 0 aromatic heterocycles. The van der Waals surface area contributed by atoms with E-state index in [2.05, 4.69) is 5.32 Å². The molecular weight excluding hydrogens is 140 g/mol. The predicted molar refractivity (Wildman–Crippen MR) is 43.4 cm³/mol. The lowest BCUT2D eigenvalue weighted by atomic mass is 10.3. The first kappa shape index (κ1) is 7.85. The van der Waals surface area contributed by atoms with Crippen LogP contribution < -0.4 is 5.32 Å². The molecule has 0 aliphatic carbocycles. The van der Waals surface area contributed by atoms with Crippen LogP contribution in [-0.2, 0) is 4.79 Å². The molecule has 0 aromatic rings. The van der Waals surface area contributed by atoms with Crippen LogP contribution in [0, 0.1) is 0 Å². The summed E-state index contributed by atoms with van der Waals surface area (Å²) < 4.78 is 0. The van der Waals surface area contributed by atoms with Crippen molar-refractivity contribution in [3.05, 3.63) is 23.8 Å². The van der Waals surface area contributed by atoms with Crippen molar-refractivity contribution in [3.63, 3.8) is 0 Å². The van der Waals surface area contributed by atoms with Crippen molar-refractivity contribution in [2.45, 2.75) is 13.8 Å². The number of allylic oxidation sites excluding steroid dienone is 2. The van der Waals surface area contributed by atoms with Gasteiger partial charge < -0.3 is 10.2 Å². The molecule has 60 valence electrons. The van der Waals surface area contributed by atoms with Crippen LogP contribution in [0.3, 0.4) is 0 Å². The van der Waals surface area contributed by atoms with Crippen LogP contribution in [-0.4, -0.2) is 17.7 Å². The average Bonchev–Trinajstić information content (AvgIpc) is 1.94. The fourth-order valence-corrected chi connectivity index (χ4v) is 0.809. The largest absolute Gasteiger partial charge is 0.356 e. The number of nitrogens with one attached hydrogen (secondary N) is 1. The Labute approximate surface area is 66.4 Å². The first-order chi connectivity index (χ1) is 5.11. The summed E-state index contributed by atoms with van der Waals surface area (Å²) in [5, 5.41) is 2.91. The van der Waals surface area contributed by atoms with Crippen molar-refractivity contribution in [1.82, 2.24) is 10.2 Å². The molecule has 3 heteroatoms. The molecular formula is C8H12N2O. The van der Waals surface area contributed by atoms with Gasteiger partial charge in [-0.25, -0.2) is 0 Å². The zero-order valence-electron chi connectivity index (χ0n) is 7.01. The van der Waals surface area contributed by atoms with E-state index in [9.17, 15) is 4.79 Å². The van der Waals surface area contributed by atoms with Crippen molar-refractivity contribution in [3.8, 4) is 0 Å². The second kappa shape index (κ2) is 2.78. The van der Waals surface area contributed by atoms with E-state index in [1.54, 1.807) is 13.1 Å². The highest BCUT2D eigenvalue weighted by molar-refractivity contribution is 5.92. The van der Waals surface area contributed by atoms with E-state index in [0.29, 0.717) is 5.70 Å². The fourth-order valence-electron chi connectivity index (χ4n) is 0.809. The van der Waals surface area contributed by atoms with Gasteiger partial charge in [0.25, 0.3) is 0 Å². The van der Waals surface area contributed by atoms with E-state index in [1.807, 2.05) is 25.1 Å². The Morgan fingerprint density at radius 2 is 2.27 bits per heavy atom. The molecule has 0 saturated heterocycles. The molecule has 1 rings (SSSR count). The van der Waals surface area contributed by atoms with Gasteiger partial charge >= 0.3 is 0 Å². The standard InChI is InChI=1S/C8H12N2O/c1-6-4-9-8(7(2)11)5-10(6)3/h4-5,9H,1-3H3. The Hall–Kier alpha value is -1.25. The molecule has 1 heterocycles. The van der Waals surface area contributed by atoms with Crippen LogP contribution in [0.15, 0.2) is 23.8 Å². The molecule has 0 bridgehead atoms. The van der Waals surface area contributed by atoms with Gasteiger partial charge in [-0.15, -0.1) is 0 Å². The lowest BCUT2D eigenvalue weighted by Gasteiger charge is -2.21. The third-order valence-electron chi connectivity index (χ3n) is 1.69. The summed E-state index contributed by atoms with van der Waals surface area (Å²) in [6.45, 7) is 3.52. The fraction of sp³-hybridized carbons (Fsp3) is 0.375. The van der Waals surface area contributed by atoms with E-state index in [-0.39, 0.29) is 5.78 Å². The van der Waals surface area contributed by atoms with Crippen LogP contribution in [0.2, 0.25) is 0 Å².